The van der Waals surface area contributed by atoms with Crippen molar-refractivity contribution in [3.63, 3.8) is 0 Å². The van der Waals surface area contributed by atoms with E-state index in [1.54, 1.807) is 31.2 Å². The Balaban J connectivity index is 2.95. The summed E-state index contributed by atoms with van der Waals surface area (Å²) in [4.78, 5) is 0. The lowest BCUT2D eigenvalue weighted by Crippen LogP contribution is -2.36. The van der Waals surface area contributed by atoms with E-state index < -0.39 is 24.4 Å². The summed E-state index contributed by atoms with van der Waals surface area (Å²) in [6.45, 7) is 2.60. The average Bonchev–Trinajstić information content (AvgIpc) is 2.25. The van der Waals surface area contributed by atoms with E-state index in [9.17, 15) is 13.2 Å². The lowest BCUT2D eigenvalue weighted by molar-refractivity contribution is -0.229. The fourth-order valence-electron chi connectivity index (χ4n) is 1.48. The third-order valence-corrected chi connectivity index (χ3v) is 3.22. The van der Waals surface area contributed by atoms with Crippen molar-refractivity contribution in [2.24, 2.45) is 5.73 Å². The molecule has 0 spiro atoms. The summed E-state index contributed by atoms with van der Waals surface area (Å²) < 4.78 is 43.3. The summed E-state index contributed by atoms with van der Waals surface area (Å²) in [5, 5.41) is 0. The molecule has 2 nitrogen and oxygen atoms in total. The summed E-state index contributed by atoms with van der Waals surface area (Å²) in [7, 11) is 0. The molecule has 2 N–H and O–H groups in total. The number of hydrogen-bond acceptors (Lipinski definition) is 2. The maximum absolute atomic E-state index is 12.5. The van der Waals surface area contributed by atoms with Gasteiger partial charge in [-0.05, 0) is 25.5 Å². The van der Waals surface area contributed by atoms with E-state index in [0.29, 0.717) is 10.0 Å². The molecule has 18 heavy (non-hydrogen) atoms. The number of rotatable bonds is 4. The molecule has 102 valence electrons. The molecule has 0 heterocycles. The van der Waals surface area contributed by atoms with Crippen molar-refractivity contribution in [2.75, 3.05) is 0 Å². The third-order valence-electron chi connectivity index (χ3n) is 2.50. The lowest BCUT2D eigenvalue weighted by Gasteiger charge is -2.27. The minimum Gasteiger partial charge on any atom is -0.359 e. The topological polar surface area (TPSA) is 35.2 Å². The van der Waals surface area contributed by atoms with Crippen molar-refractivity contribution in [1.29, 1.82) is 0 Å². The Kier molecular flexibility index (Phi) is 5.19. The molecule has 0 radical (unpaired) electrons. The second-order valence-electron chi connectivity index (χ2n) is 4.12. The highest BCUT2D eigenvalue weighted by Crippen LogP contribution is 2.32. The highest BCUT2D eigenvalue weighted by molar-refractivity contribution is 9.10. The quantitative estimate of drug-likeness (QED) is 0.913. The number of hydrogen-bond donors (Lipinski definition) is 1. The van der Waals surface area contributed by atoms with Crippen LogP contribution in [0.2, 0.25) is 0 Å². The van der Waals surface area contributed by atoms with E-state index in [0.717, 1.165) is 6.92 Å². The van der Waals surface area contributed by atoms with Crippen LogP contribution >= 0.6 is 15.9 Å². The Morgan fingerprint density at radius 3 is 2.22 bits per heavy atom. The number of alkyl halides is 3. The van der Waals surface area contributed by atoms with Crippen LogP contribution in [0.1, 0.15) is 25.5 Å². The van der Waals surface area contributed by atoms with Gasteiger partial charge in [-0.15, -0.1) is 0 Å². The SMILES string of the molecule is CC(N)C(OC(C)C(F)(F)F)c1ccccc1Br. The van der Waals surface area contributed by atoms with Gasteiger partial charge in [-0.3, -0.25) is 0 Å². The van der Waals surface area contributed by atoms with Crippen LogP contribution in [0.3, 0.4) is 0 Å². The largest absolute Gasteiger partial charge is 0.414 e. The molecule has 3 unspecified atom stereocenters. The van der Waals surface area contributed by atoms with Gasteiger partial charge in [-0.25, -0.2) is 0 Å². The van der Waals surface area contributed by atoms with Gasteiger partial charge in [0.2, 0.25) is 0 Å². The third kappa shape index (κ3) is 3.96. The maximum Gasteiger partial charge on any atom is 0.414 e. The first-order valence-corrected chi connectivity index (χ1v) is 6.25. The zero-order valence-electron chi connectivity index (χ0n) is 10.0. The first kappa shape index (κ1) is 15.5. The van der Waals surface area contributed by atoms with Gasteiger partial charge >= 0.3 is 6.18 Å². The molecule has 0 aliphatic rings. The number of nitrogens with two attached hydrogens (primary N) is 1. The van der Waals surface area contributed by atoms with Crippen molar-refractivity contribution in [1.82, 2.24) is 0 Å². The molecule has 1 aromatic rings. The van der Waals surface area contributed by atoms with Gasteiger partial charge in [0.15, 0.2) is 6.10 Å². The molecule has 3 atom stereocenters. The highest BCUT2D eigenvalue weighted by atomic mass is 79.9. The van der Waals surface area contributed by atoms with Crippen molar-refractivity contribution in [2.45, 2.75) is 38.3 Å². The van der Waals surface area contributed by atoms with E-state index in [2.05, 4.69) is 15.9 Å². The molecule has 1 aromatic carbocycles. The summed E-state index contributed by atoms with van der Waals surface area (Å²) in [6, 6.07) is 6.40. The van der Waals surface area contributed by atoms with Gasteiger partial charge in [0.25, 0.3) is 0 Å². The summed E-state index contributed by atoms with van der Waals surface area (Å²) >= 11 is 3.29. The number of benzene rings is 1. The predicted molar refractivity (Wildman–Crippen MR) is 67.1 cm³/mol. The van der Waals surface area contributed by atoms with Crippen molar-refractivity contribution >= 4 is 15.9 Å². The molecule has 0 aliphatic heterocycles. The Morgan fingerprint density at radius 2 is 1.78 bits per heavy atom. The van der Waals surface area contributed by atoms with E-state index in [1.807, 2.05) is 0 Å². The normalized spacial score (nSPS) is 17.3. The molecule has 6 heteroatoms. The van der Waals surface area contributed by atoms with Crippen LogP contribution in [0, 0.1) is 0 Å². The molecule has 0 fully saturated rings. The van der Waals surface area contributed by atoms with Crippen LogP contribution in [0.25, 0.3) is 0 Å². The van der Waals surface area contributed by atoms with E-state index >= 15 is 0 Å². The monoisotopic (exact) mass is 325 g/mol. The molecule has 1 rings (SSSR count). The average molecular weight is 326 g/mol. The lowest BCUT2D eigenvalue weighted by atomic mass is 10.0. The van der Waals surface area contributed by atoms with E-state index in [4.69, 9.17) is 10.5 Å². The fourth-order valence-corrected chi connectivity index (χ4v) is 1.99. The smallest absolute Gasteiger partial charge is 0.359 e. The van der Waals surface area contributed by atoms with Crippen LogP contribution < -0.4 is 5.73 Å². The standard InChI is InChI=1S/C12H15BrF3NO/c1-7(17)11(18-8(2)12(14,15)16)9-5-3-4-6-10(9)13/h3-8,11H,17H2,1-2H3. The first-order chi connectivity index (χ1) is 8.23. The summed E-state index contributed by atoms with van der Waals surface area (Å²) in [5.41, 5.74) is 6.33. The summed E-state index contributed by atoms with van der Waals surface area (Å²) in [6.07, 6.45) is -7.06. The van der Waals surface area contributed by atoms with Crippen LogP contribution in [0.5, 0.6) is 0 Å². The molecular weight excluding hydrogens is 311 g/mol. The van der Waals surface area contributed by atoms with Gasteiger partial charge in [0, 0.05) is 10.5 Å². The second kappa shape index (κ2) is 6.04. The minimum atomic E-state index is -4.39. The Labute approximate surface area is 112 Å². The Hall–Kier alpha value is -0.590. The summed E-state index contributed by atoms with van der Waals surface area (Å²) in [5.74, 6) is 0. The molecule has 0 saturated heterocycles. The van der Waals surface area contributed by atoms with Crippen LogP contribution in [0.4, 0.5) is 13.2 Å². The molecule has 0 bridgehead atoms. The van der Waals surface area contributed by atoms with Crippen molar-refractivity contribution in [3.8, 4) is 0 Å². The van der Waals surface area contributed by atoms with Gasteiger partial charge in [0.05, 0.1) is 6.10 Å². The molecular formula is C12H15BrF3NO. The Bertz CT molecular complexity index is 395. The van der Waals surface area contributed by atoms with Gasteiger partial charge in [-0.2, -0.15) is 13.2 Å². The van der Waals surface area contributed by atoms with Crippen LogP contribution in [-0.4, -0.2) is 18.3 Å². The number of ether oxygens (including phenoxy) is 1. The van der Waals surface area contributed by atoms with Crippen LogP contribution in [0.15, 0.2) is 28.7 Å². The van der Waals surface area contributed by atoms with E-state index in [1.165, 1.54) is 0 Å². The van der Waals surface area contributed by atoms with Gasteiger partial charge < -0.3 is 10.5 Å². The zero-order chi connectivity index (χ0) is 13.9. The maximum atomic E-state index is 12.5. The molecule has 0 amide bonds. The van der Waals surface area contributed by atoms with Gasteiger partial charge in [0.1, 0.15) is 0 Å². The van der Waals surface area contributed by atoms with Crippen molar-refractivity contribution in [3.05, 3.63) is 34.3 Å². The highest BCUT2D eigenvalue weighted by Gasteiger charge is 2.39. The minimum absolute atomic E-state index is 0.548. The fraction of sp³-hybridized carbons (Fsp3) is 0.500. The molecule has 0 aliphatic carbocycles. The molecule has 0 aromatic heterocycles. The van der Waals surface area contributed by atoms with Gasteiger partial charge in [-0.1, -0.05) is 34.1 Å². The number of halogens is 4. The van der Waals surface area contributed by atoms with Crippen molar-refractivity contribution < 1.29 is 17.9 Å². The second-order valence-corrected chi connectivity index (χ2v) is 4.98. The van der Waals surface area contributed by atoms with Crippen LogP contribution in [-0.2, 0) is 4.74 Å². The predicted octanol–water partition coefficient (Wildman–Crippen LogP) is 3.80. The van der Waals surface area contributed by atoms with E-state index in [-0.39, 0.29) is 0 Å². The first-order valence-electron chi connectivity index (χ1n) is 5.45. The molecule has 0 saturated carbocycles. The Morgan fingerprint density at radius 1 is 1.22 bits per heavy atom. The zero-order valence-corrected chi connectivity index (χ0v) is 11.6.